The summed E-state index contributed by atoms with van der Waals surface area (Å²) >= 11 is 0. The van der Waals surface area contributed by atoms with Crippen LogP contribution >= 0.6 is 0 Å². The summed E-state index contributed by atoms with van der Waals surface area (Å²) in [4.78, 5) is 10.9. The second-order valence-electron chi connectivity index (χ2n) is 4.74. The van der Waals surface area contributed by atoms with Gasteiger partial charge in [-0.25, -0.2) is 9.18 Å². The SMILES string of the molecule is CCc1onc(C)c1CNCc1cc(C(=O)O)ccc1F. The fourth-order valence-corrected chi connectivity index (χ4v) is 2.11. The van der Waals surface area contributed by atoms with Crippen molar-refractivity contribution in [3.05, 3.63) is 52.2 Å². The Kier molecular flexibility index (Phi) is 4.70. The van der Waals surface area contributed by atoms with Crippen LogP contribution in [-0.2, 0) is 19.5 Å². The van der Waals surface area contributed by atoms with E-state index in [0.717, 1.165) is 23.4 Å². The molecule has 6 heteroatoms. The highest BCUT2D eigenvalue weighted by atomic mass is 19.1. The first kappa shape index (κ1) is 15.2. The monoisotopic (exact) mass is 292 g/mol. The summed E-state index contributed by atoms with van der Waals surface area (Å²) in [7, 11) is 0. The lowest BCUT2D eigenvalue weighted by Gasteiger charge is -2.07. The van der Waals surface area contributed by atoms with E-state index in [-0.39, 0.29) is 12.1 Å². The number of aromatic nitrogens is 1. The van der Waals surface area contributed by atoms with Crippen molar-refractivity contribution >= 4 is 5.97 Å². The number of carboxylic acid groups (broad SMARTS) is 1. The van der Waals surface area contributed by atoms with Crippen molar-refractivity contribution in [2.45, 2.75) is 33.4 Å². The molecule has 0 fully saturated rings. The molecule has 0 unspecified atom stereocenters. The van der Waals surface area contributed by atoms with E-state index in [0.29, 0.717) is 12.1 Å². The van der Waals surface area contributed by atoms with E-state index in [1.807, 2.05) is 13.8 Å². The van der Waals surface area contributed by atoms with Gasteiger partial charge in [0.2, 0.25) is 0 Å². The summed E-state index contributed by atoms with van der Waals surface area (Å²) < 4.78 is 18.8. The minimum Gasteiger partial charge on any atom is -0.478 e. The van der Waals surface area contributed by atoms with E-state index in [4.69, 9.17) is 9.63 Å². The van der Waals surface area contributed by atoms with Gasteiger partial charge in [0.15, 0.2) is 0 Å². The molecule has 1 aromatic heterocycles. The maximum Gasteiger partial charge on any atom is 0.335 e. The highest BCUT2D eigenvalue weighted by Gasteiger charge is 2.12. The summed E-state index contributed by atoms with van der Waals surface area (Å²) in [6.45, 7) is 4.56. The lowest BCUT2D eigenvalue weighted by atomic mass is 10.1. The Morgan fingerprint density at radius 3 is 2.86 bits per heavy atom. The van der Waals surface area contributed by atoms with Gasteiger partial charge in [0.25, 0.3) is 0 Å². The smallest absolute Gasteiger partial charge is 0.335 e. The molecule has 2 rings (SSSR count). The summed E-state index contributed by atoms with van der Waals surface area (Å²) in [5.41, 5.74) is 2.16. The molecule has 0 saturated carbocycles. The lowest BCUT2D eigenvalue weighted by molar-refractivity contribution is 0.0696. The lowest BCUT2D eigenvalue weighted by Crippen LogP contribution is -2.15. The Hall–Kier alpha value is -2.21. The van der Waals surface area contributed by atoms with Crippen molar-refractivity contribution < 1.29 is 18.8 Å². The third kappa shape index (κ3) is 3.46. The third-order valence-electron chi connectivity index (χ3n) is 3.30. The molecule has 0 amide bonds. The number of aryl methyl sites for hydroxylation is 2. The summed E-state index contributed by atoms with van der Waals surface area (Å²) in [6, 6.07) is 3.76. The Morgan fingerprint density at radius 1 is 1.43 bits per heavy atom. The molecule has 0 aliphatic heterocycles. The fourth-order valence-electron chi connectivity index (χ4n) is 2.11. The summed E-state index contributed by atoms with van der Waals surface area (Å²) in [6.07, 6.45) is 0.737. The van der Waals surface area contributed by atoms with Gasteiger partial charge in [-0.15, -0.1) is 0 Å². The van der Waals surface area contributed by atoms with Gasteiger partial charge < -0.3 is 14.9 Å². The molecule has 112 valence electrons. The molecule has 21 heavy (non-hydrogen) atoms. The average Bonchev–Trinajstić information content (AvgIpc) is 2.81. The van der Waals surface area contributed by atoms with Crippen LogP contribution in [0, 0.1) is 12.7 Å². The van der Waals surface area contributed by atoms with E-state index in [2.05, 4.69) is 10.5 Å². The van der Waals surface area contributed by atoms with Gasteiger partial charge in [-0.1, -0.05) is 12.1 Å². The molecular weight excluding hydrogens is 275 g/mol. The first-order valence-corrected chi connectivity index (χ1v) is 6.69. The number of hydrogen-bond donors (Lipinski definition) is 2. The van der Waals surface area contributed by atoms with Gasteiger partial charge >= 0.3 is 5.97 Å². The van der Waals surface area contributed by atoms with Crippen LogP contribution in [0.3, 0.4) is 0 Å². The van der Waals surface area contributed by atoms with Crippen LogP contribution in [0.1, 0.15) is 39.9 Å². The van der Waals surface area contributed by atoms with Crippen LogP contribution < -0.4 is 5.32 Å². The van der Waals surface area contributed by atoms with Gasteiger partial charge in [0.05, 0.1) is 11.3 Å². The van der Waals surface area contributed by atoms with Gasteiger partial charge in [-0.05, 0) is 25.1 Å². The maximum atomic E-state index is 13.7. The van der Waals surface area contributed by atoms with Crippen LogP contribution in [0.25, 0.3) is 0 Å². The average molecular weight is 292 g/mol. The molecule has 2 aromatic rings. The number of nitrogens with zero attached hydrogens (tertiary/aromatic N) is 1. The zero-order valence-corrected chi connectivity index (χ0v) is 11.9. The van der Waals surface area contributed by atoms with Crippen molar-refractivity contribution in [1.82, 2.24) is 10.5 Å². The number of halogens is 1. The van der Waals surface area contributed by atoms with Crippen LogP contribution in [0.15, 0.2) is 22.7 Å². The van der Waals surface area contributed by atoms with Crippen LogP contribution in [-0.4, -0.2) is 16.2 Å². The summed E-state index contributed by atoms with van der Waals surface area (Å²) in [5, 5.41) is 15.9. The molecule has 0 saturated heterocycles. The normalized spacial score (nSPS) is 10.8. The zero-order valence-electron chi connectivity index (χ0n) is 11.9. The first-order valence-electron chi connectivity index (χ1n) is 6.69. The van der Waals surface area contributed by atoms with Crippen LogP contribution in [0.4, 0.5) is 4.39 Å². The highest BCUT2D eigenvalue weighted by molar-refractivity contribution is 5.87. The van der Waals surface area contributed by atoms with Gasteiger partial charge in [-0.3, -0.25) is 0 Å². The molecule has 0 aliphatic rings. The Balaban J connectivity index is 2.05. The Morgan fingerprint density at radius 2 is 2.19 bits per heavy atom. The predicted octanol–water partition coefficient (Wildman–Crippen LogP) is 2.67. The Labute approximate surface area is 121 Å². The maximum absolute atomic E-state index is 13.7. The zero-order chi connectivity index (χ0) is 15.4. The number of carboxylic acids is 1. The molecule has 1 aromatic carbocycles. The van der Waals surface area contributed by atoms with E-state index >= 15 is 0 Å². The topological polar surface area (TPSA) is 75.4 Å². The van der Waals surface area contributed by atoms with Crippen molar-refractivity contribution in [3.8, 4) is 0 Å². The predicted molar refractivity (Wildman–Crippen MR) is 74.5 cm³/mol. The standard InChI is InChI=1S/C15H17FN2O3/c1-3-14-12(9(2)18-21-14)8-17-7-11-6-10(15(19)20)4-5-13(11)16/h4-6,17H,3,7-8H2,1-2H3,(H,19,20). The minimum atomic E-state index is -1.07. The quantitative estimate of drug-likeness (QED) is 0.856. The van der Waals surface area contributed by atoms with E-state index in [1.165, 1.54) is 18.2 Å². The third-order valence-corrected chi connectivity index (χ3v) is 3.30. The molecule has 0 bridgehead atoms. The first-order chi connectivity index (χ1) is 10.0. The number of nitrogens with one attached hydrogen (secondary N) is 1. The number of hydrogen-bond acceptors (Lipinski definition) is 4. The molecule has 2 N–H and O–H groups in total. The second kappa shape index (κ2) is 6.49. The van der Waals surface area contributed by atoms with Crippen molar-refractivity contribution in [1.29, 1.82) is 0 Å². The van der Waals surface area contributed by atoms with Gasteiger partial charge in [0, 0.05) is 30.6 Å². The van der Waals surface area contributed by atoms with Crippen molar-refractivity contribution in [2.24, 2.45) is 0 Å². The number of carbonyl (C=O) groups is 1. The van der Waals surface area contributed by atoms with E-state index in [9.17, 15) is 9.18 Å². The molecule has 0 atom stereocenters. The molecule has 0 aliphatic carbocycles. The van der Waals surface area contributed by atoms with Gasteiger partial charge in [0.1, 0.15) is 11.6 Å². The molecule has 0 spiro atoms. The van der Waals surface area contributed by atoms with Crippen molar-refractivity contribution in [2.75, 3.05) is 0 Å². The molecular formula is C15H17FN2O3. The van der Waals surface area contributed by atoms with E-state index in [1.54, 1.807) is 0 Å². The largest absolute Gasteiger partial charge is 0.478 e. The minimum absolute atomic E-state index is 0.0728. The summed E-state index contributed by atoms with van der Waals surface area (Å²) in [5.74, 6) is -0.690. The Bertz CT molecular complexity index is 652. The second-order valence-corrected chi connectivity index (χ2v) is 4.74. The van der Waals surface area contributed by atoms with Gasteiger partial charge in [-0.2, -0.15) is 0 Å². The van der Waals surface area contributed by atoms with Crippen molar-refractivity contribution in [3.63, 3.8) is 0 Å². The highest BCUT2D eigenvalue weighted by Crippen LogP contribution is 2.15. The molecule has 0 radical (unpaired) electrons. The molecule has 5 nitrogen and oxygen atoms in total. The van der Waals surface area contributed by atoms with Crippen LogP contribution in [0.2, 0.25) is 0 Å². The number of rotatable bonds is 6. The number of benzene rings is 1. The van der Waals surface area contributed by atoms with Crippen LogP contribution in [0.5, 0.6) is 0 Å². The molecule has 1 heterocycles. The number of aromatic carboxylic acids is 1. The van der Waals surface area contributed by atoms with E-state index < -0.39 is 11.8 Å². The fraction of sp³-hybridized carbons (Fsp3) is 0.333.